The number of aromatic nitrogens is 2. The Balaban J connectivity index is 1.24. The van der Waals surface area contributed by atoms with Gasteiger partial charge < -0.3 is 9.88 Å². The van der Waals surface area contributed by atoms with E-state index >= 15 is 0 Å². The summed E-state index contributed by atoms with van der Waals surface area (Å²) in [6, 6.07) is 11.7. The molecule has 1 saturated heterocycles. The Morgan fingerprint density at radius 3 is 2.74 bits per heavy atom. The number of hydrogen-bond donors (Lipinski definition) is 1. The average molecular weight is 457 g/mol. The number of halogens is 2. The van der Waals surface area contributed by atoms with Crippen LogP contribution in [0.2, 0.25) is 10.0 Å². The number of anilines is 1. The Kier molecular flexibility index (Phi) is 6.96. The number of nitrogens with one attached hydrogen (secondary N) is 1. The van der Waals surface area contributed by atoms with Crippen LogP contribution in [0, 0.1) is 6.92 Å². The molecule has 4 rings (SSSR count). The Hall–Kier alpha value is -2.34. The topological polar surface area (TPSA) is 52.2 Å². The average Bonchev–Trinajstić information content (AvgIpc) is 2.77. The Labute approximate surface area is 192 Å². The highest BCUT2D eigenvalue weighted by molar-refractivity contribution is 6.43. The molecule has 0 spiro atoms. The van der Waals surface area contributed by atoms with E-state index in [0.29, 0.717) is 21.3 Å². The van der Waals surface area contributed by atoms with Gasteiger partial charge >= 0.3 is 0 Å². The van der Waals surface area contributed by atoms with Gasteiger partial charge in [-0.15, -0.1) is 0 Å². The van der Waals surface area contributed by atoms with Gasteiger partial charge in [-0.3, -0.25) is 9.69 Å². The van der Waals surface area contributed by atoms with Crippen LogP contribution in [0.1, 0.15) is 24.1 Å². The molecular formula is C24H26Cl2N4O. The van der Waals surface area contributed by atoms with E-state index in [9.17, 15) is 4.79 Å². The van der Waals surface area contributed by atoms with Crippen LogP contribution in [0.3, 0.4) is 0 Å². The van der Waals surface area contributed by atoms with Gasteiger partial charge in [-0.05, 0) is 62.7 Å². The minimum atomic E-state index is -0.0844. The van der Waals surface area contributed by atoms with E-state index in [1.807, 2.05) is 42.5 Å². The number of allylic oxidation sites excluding steroid dienone is 1. The normalized spacial score (nSPS) is 15.3. The smallest absolute Gasteiger partial charge is 0.252 e. The first-order valence-electron chi connectivity index (χ1n) is 10.6. The lowest BCUT2D eigenvalue weighted by atomic mass is 10.2. The van der Waals surface area contributed by atoms with Crippen molar-refractivity contribution in [3.63, 3.8) is 0 Å². The largest absolute Gasteiger partial charge is 0.368 e. The van der Waals surface area contributed by atoms with Crippen molar-refractivity contribution >= 4 is 46.0 Å². The number of piperazine rings is 1. The molecule has 0 aliphatic carbocycles. The minimum Gasteiger partial charge on any atom is -0.368 e. The van der Waals surface area contributed by atoms with Crippen molar-refractivity contribution in [1.29, 1.82) is 0 Å². The van der Waals surface area contributed by atoms with Crippen molar-refractivity contribution in [3.8, 4) is 0 Å². The summed E-state index contributed by atoms with van der Waals surface area (Å²) in [4.78, 5) is 24.0. The van der Waals surface area contributed by atoms with Gasteiger partial charge in [0.2, 0.25) is 0 Å². The number of aromatic amines is 1. The summed E-state index contributed by atoms with van der Waals surface area (Å²) in [7, 11) is 0. The molecular weight excluding hydrogens is 431 g/mol. The summed E-state index contributed by atoms with van der Waals surface area (Å²) in [5, 5.41) is 2.20. The third-order valence-electron chi connectivity index (χ3n) is 5.69. The number of fused-ring (bicyclic) bond motifs is 1. The van der Waals surface area contributed by atoms with Gasteiger partial charge in [0.15, 0.2) is 0 Å². The van der Waals surface area contributed by atoms with E-state index in [1.165, 1.54) is 0 Å². The molecule has 0 unspecified atom stereocenters. The molecule has 0 atom stereocenters. The summed E-state index contributed by atoms with van der Waals surface area (Å²) in [6.07, 6.45) is 6.27. The fourth-order valence-corrected chi connectivity index (χ4v) is 4.30. The van der Waals surface area contributed by atoms with Gasteiger partial charge in [-0.2, -0.15) is 0 Å². The molecule has 0 amide bonds. The molecule has 3 heterocycles. The summed E-state index contributed by atoms with van der Waals surface area (Å²) in [6.45, 7) is 6.82. The predicted octanol–water partition coefficient (Wildman–Crippen LogP) is 5.15. The van der Waals surface area contributed by atoms with E-state index in [-0.39, 0.29) is 5.56 Å². The minimum absolute atomic E-state index is 0.0844. The SMILES string of the molecule is Cc1cc2ccc(/C=C/CCCN3CCN(c4cccc(Cl)c4Cl)CC3)nc2[nH]c1=O. The van der Waals surface area contributed by atoms with Crippen LogP contribution < -0.4 is 10.5 Å². The fraction of sp³-hybridized carbons (Fsp3) is 0.333. The van der Waals surface area contributed by atoms with E-state index in [4.69, 9.17) is 23.2 Å². The predicted molar refractivity (Wildman–Crippen MR) is 130 cm³/mol. The maximum atomic E-state index is 11.8. The highest BCUT2D eigenvalue weighted by atomic mass is 35.5. The number of unbranched alkanes of at least 4 members (excludes halogenated alkanes) is 1. The fourth-order valence-electron chi connectivity index (χ4n) is 3.89. The van der Waals surface area contributed by atoms with Crippen LogP contribution >= 0.6 is 23.2 Å². The van der Waals surface area contributed by atoms with Crippen molar-refractivity contribution in [1.82, 2.24) is 14.9 Å². The van der Waals surface area contributed by atoms with Gasteiger partial charge in [0, 0.05) is 37.1 Å². The highest BCUT2D eigenvalue weighted by Crippen LogP contribution is 2.32. The molecule has 7 heteroatoms. The molecule has 0 saturated carbocycles. The Morgan fingerprint density at radius 2 is 1.94 bits per heavy atom. The first-order chi connectivity index (χ1) is 15.0. The molecule has 3 aromatic rings. The quantitative estimate of drug-likeness (QED) is 0.520. The third kappa shape index (κ3) is 5.29. The molecule has 1 aliphatic rings. The molecule has 31 heavy (non-hydrogen) atoms. The Bertz CT molecular complexity index is 1150. The third-order valence-corrected chi connectivity index (χ3v) is 6.50. The molecule has 2 aromatic heterocycles. The van der Waals surface area contributed by atoms with Crippen LogP contribution in [0.25, 0.3) is 17.1 Å². The van der Waals surface area contributed by atoms with E-state index in [1.54, 1.807) is 6.92 Å². The van der Waals surface area contributed by atoms with Crippen molar-refractivity contribution in [2.75, 3.05) is 37.6 Å². The lowest BCUT2D eigenvalue weighted by Gasteiger charge is -2.36. The zero-order valence-electron chi connectivity index (χ0n) is 17.6. The molecule has 1 aromatic carbocycles. The van der Waals surface area contributed by atoms with Crippen LogP contribution in [-0.2, 0) is 0 Å². The lowest BCUT2D eigenvalue weighted by molar-refractivity contribution is 0.255. The molecule has 162 valence electrons. The molecule has 0 bridgehead atoms. The number of aryl methyl sites for hydroxylation is 1. The summed E-state index contributed by atoms with van der Waals surface area (Å²) >= 11 is 12.5. The number of benzene rings is 1. The van der Waals surface area contributed by atoms with Gasteiger partial charge in [-0.25, -0.2) is 4.98 Å². The van der Waals surface area contributed by atoms with Crippen LogP contribution in [0.4, 0.5) is 5.69 Å². The maximum absolute atomic E-state index is 11.8. The monoisotopic (exact) mass is 456 g/mol. The Morgan fingerprint density at radius 1 is 1.13 bits per heavy atom. The van der Waals surface area contributed by atoms with Crippen molar-refractivity contribution < 1.29 is 0 Å². The summed E-state index contributed by atoms with van der Waals surface area (Å²) in [5.74, 6) is 0. The lowest BCUT2D eigenvalue weighted by Crippen LogP contribution is -2.46. The van der Waals surface area contributed by atoms with Gasteiger partial charge in [0.25, 0.3) is 5.56 Å². The van der Waals surface area contributed by atoms with E-state index < -0.39 is 0 Å². The van der Waals surface area contributed by atoms with Gasteiger partial charge in [0.05, 0.1) is 21.4 Å². The van der Waals surface area contributed by atoms with E-state index in [2.05, 4.69) is 25.8 Å². The molecule has 1 N–H and O–H groups in total. The van der Waals surface area contributed by atoms with Crippen LogP contribution in [0.5, 0.6) is 0 Å². The van der Waals surface area contributed by atoms with Crippen molar-refractivity contribution in [2.45, 2.75) is 19.8 Å². The number of pyridine rings is 2. The second-order valence-electron chi connectivity index (χ2n) is 7.90. The van der Waals surface area contributed by atoms with Crippen LogP contribution in [-0.4, -0.2) is 47.6 Å². The van der Waals surface area contributed by atoms with E-state index in [0.717, 1.165) is 62.3 Å². The van der Waals surface area contributed by atoms with Gasteiger partial charge in [-0.1, -0.05) is 35.3 Å². The highest BCUT2D eigenvalue weighted by Gasteiger charge is 2.19. The van der Waals surface area contributed by atoms with Crippen molar-refractivity contribution in [2.24, 2.45) is 0 Å². The van der Waals surface area contributed by atoms with Crippen LogP contribution in [0.15, 0.2) is 47.3 Å². The molecule has 1 fully saturated rings. The number of hydrogen-bond acceptors (Lipinski definition) is 4. The first kappa shape index (κ1) is 21.9. The first-order valence-corrected chi connectivity index (χ1v) is 11.4. The number of nitrogens with zero attached hydrogens (tertiary/aromatic N) is 3. The van der Waals surface area contributed by atoms with Crippen molar-refractivity contribution in [3.05, 3.63) is 74.1 Å². The van der Waals surface area contributed by atoms with Gasteiger partial charge in [0.1, 0.15) is 5.65 Å². The second kappa shape index (κ2) is 9.86. The molecule has 1 aliphatic heterocycles. The summed E-state index contributed by atoms with van der Waals surface area (Å²) < 4.78 is 0. The number of rotatable bonds is 6. The number of H-pyrrole nitrogens is 1. The standard InChI is InChI=1S/C24H26Cl2N4O/c1-17-16-18-9-10-19(27-23(18)28-24(17)31)6-3-2-4-11-29-12-14-30(15-13-29)21-8-5-7-20(25)22(21)26/h3,5-10,16H,2,4,11-15H2,1H3,(H,27,28,31)/b6-3+. The zero-order chi connectivity index (χ0) is 21.8. The molecule has 5 nitrogen and oxygen atoms in total. The molecule has 0 radical (unpaired) electrons. The summed E-state index contributed by atoms with van der Waals surface area (Å²) in [5.41, 5.74) is 3.14. The zero-order valence-corrected chi connectivity index (χ0v) is 19.1. The second-order valence-corrected chi connectivity index (χ2v) is 8.69. The maximum Gasteiger partial charge on any atom is 0.252 e.